The molecule has 5 heteroatoms. The number of fused-ring (bicyclic) bond motifs is 1. The van der Waals surface area contributed by atoms with Crippen LogP contribution in [-0.4, -0.2) is 23.5 Å². The van der Waals surface area contributed by atoms with Crippen LogP contribution in [0.2, 0.25) is 0 Å². The second-order valence-corrected chi connectivity index (χ2v) is 7.69. The number of anilines is 1. The van der Waals surface area contributed by atoms with Gasteiger partial charge in [-0.1, -0.05) is 32.1 Å². The highest BCUT2D eigenvalue weighted by Crippen LogP contribution is 2.36. The Kier molecular flexibility index (Phi) is 4.31. The summed E-state index contributed by atoms with van der Waals surface area (Å²) in [5.74, 6) is 1.35. The second kappa shape index (κ2) is 6.57. The molecule has 0 radical (unpaired) electrons. The minimum absolute atomic E-state index is 0.0322. The molecule has 1 amide bonds. The Hall–Kier alpha value is -1.46. The lowest BCUT2D eigenvalue weighted by atomic mass is 9.76. The van der Waals surface area contributed by atoms with Gasteiger partial charge in [0.25, 0.3) is 0 Å². The fourth-order valence-corrected chi connectivity index (χ4v) is 4.95. The summed E-state index contributed by atoms with van der Waals surface area (Å²) >= 11 is 1.61. The number of aromatic nitrogens is 1. The van der Waals surface area contributed by atoms with E-state index in [2.05, 4.69) is 15.6 Å². The summed E-state index contributed by atoms with van der Waals surface area (Å²) in [5, 5.41) is 6.55. The minimum atomic E-state index is -0.0322. The van der Waals surface area contributed by atoms with Crippen molar-refractivity contribution in [1.29, 1.82) is 0 Å². The average molecular weight is 329 g/mol. The maximum absolute atomic E-state index is 12.8. The first-order valence-electron chi connectivity index (χ1n) is 8.69. The molecule has 122 valence electrons. The van der Waals surface area contributed by atoms with Gasteiger partial charge in [0, 0.05) is 5.69 Å². The van der Waals surface area contributed by atoms with Gasteiger partial charge in [0.05, 0.1) is 21.8 Å². The number of hydrogen-bond donors (Lipinski definition) is 2. The first kappa shape index (κ1) is 15.1. The normalized spacial score (nSPS) is 25.7. The van der Waals surface area contributed by atoms with Crippen LogP contribution in [0.4, 0.5) is 5.69 Å². The standard InChI is InChI=1S/C18H23N3OS/c22-18(21-13-6-7-15-16(10-13)23-11-20-15)17-14(8-9-19-17)12-4-2-1-3-5-12/h6-7,10-12,14,17,19H,1-5,8-9H2,(H,21,22)/t14-,17-/m0/s1. The zero-order valence-electron chi connectivity index (χ0n) is 13.3. The highest BCUT2D eigenvalue weighted by atomic mass is 32.1. The highest BCUT2D eigenvalue weighted by molar-refractivity contribution is 7.16. The van der Waals surface area contributed by atoms with Gasteiger partial charge in [0.2, 0.25) is 5.91 Å². The number of nitrogens with zero attached hydrogens (tertiary/aromatic N) is 1. The molecule has 1 aliphatic heterocycles. The Morgan fingerprint density at radius 2 is 2.09 bits per heavy atom. The van der Waals surface area contributed by atoms with Crippen molar-refractivity contribution < 1.29 is 4.79 Å². The molecule has 1 aliphatic carbocycles. The van der Waals surface area contributed by atoms with E-state index in [0.29, 0.717) is 5.92 Å². The zero-order valence-corrected chi connectivity index (χ0v) is 14.1. The van der Waals surface area contributed by atoms with Crippen LogP contribution >= 0.6 is 11.3 Å². The smallest absolute Gasteiger partial charge is 0.241 e. The van der Waals surface area contributed by atoms with Gasteiger partial charge in [-0.25, -0.2) is 4.98 Å². The number of hydrogen-bond acceptors (Lipinski definition) is 4. The van der Waals surface area contributed by atoms with Crippen LogP contribution in [-0.2, 0) is 4.79 Å². The summed E-state index contributed by atoms with van der Waals surface area (Å²) in [6.07, 6.45) is 7.75. The quantitative estimate of drug-likeness (QED) is 0.901. The molecule has 1 saturated heterocycles. The molecule has 1 saturated carbocycles. The third-order valence-electron chi connectivity index (χ3n) is 5.41. The summed E-state index contributed by atoms with van der Waals surface area (Å²) in [4.78, 5) is 17.0. The molecular weight excluding hydrogens is 306 g/mol. The fourth-order valence-electron chi connectivity index (χ4n) is 4.23. The molecule has 2 atom stereocenters. The Morgan fingerprint density at radius 3 is 2.96 bits per heavy atom. The Morgan fingerprint density at radius 1 is 1.22 bits per heavy atom. The highest BCUT2D eigenvalue weighted by Gasteiger charge is 2.38. The summed E-state index contributed by atoms with van der Waals surface area (Å²) in [5.41, 5.74) is 3.71. The van der Waals surface area contributed by atoms with Crippen molar-refractivity contribution in [2.45, 2.75) is 44.6 Å². The Bertz CT molecular complexity index is 692. The third-order valence-corrected chi connectivity index (χ3v) is 6.20. The lowest BCUT2D eigenvalue weighted by Crippen LogP contribution is -2.42. The van der Waals surface area contributed by atoms with Crippen LogP contribution in [0, 0.1) is 11.8 Å². The zero-order chi connectivity index (χ0) is 15.6. The lowest BCUT2D eigenvalue weighted by molar-refractivity contribution is -0.119. The van der Waals surface area contributed by atoms with E-state index in [0.717, 1.165) is 34.8 Å². The Balaban J connectivity index is 1.46. The van der Waals surface area contributed by atoms with Crippen molar-refractivity contribution in [2.24, 2.45) is 11.8 Å². The average Bonchev–Trinajstić information content (AvgIpc) is 3.24. The van der Waals surface area contributed by atoms with Crippen molar-refractivity contribution in [2.75, 3.05) is 11.9 Å². The molecular formula is C18H23N3OS. The summed E-state index contributed by atoms with van der Waals surface area (Å²) < 4.78 is 1.12. The van der Waals surface area contributed by atoms with Gasteiger partial charge >= 0.3 is 0 Å². The van der Waals surface area contributed by atoms with Gasteiger partial charge < -0.3 is 10.6 Å². The maximum Gasteiger partial charge on any atom is 0.241 e. The first-order valence-corrected chi connectivity index (χ1v) is 9.57. The van der Waals surface area contributed by atoms with Crippen molar-refractivity contribution in [1.82, 2.24) is 10.3 Å². The van der Waals surface area contributed by atoms with Crippen molar-refractivity contribution in [3.8, 4) is 0 Å². The van der Waals surface area contributed by atoms with E-state index in [-0.39, 0.29) is 11.9 Å². The number of amides is 1. The van der Waals surface area contributed by atoms with Gasteiger partial charge in [-0.05, 0) is 43.0 Å². The van der Waals surface area contributed by atoms with E-state index in [9.17, 15) is 4.79 Å². The minimum Gasteiger partial charge on any atom is -0.325 e. The number of thiazole rings is 1. The molecule has 2 N–H and O–H groups in total. The summed E-state index contributed by atoms with van der Waals surface area (Å²) in [6.45, 7) is 0.965. The van der Waals surface area contributed by atoms with Crippen LogP contribution < -0.4 is 10.6 Å². The number of rotatable bonds is 3. The number of benzene rings is 1. The molecule has 1 aromatic heterocycles. The summed E-state index contributed by atoms with van der Waals surface area (Å²) in [7, 11) is 0. The van der Waals surface area contributed by atoms with Gasteiger partial charge in [0.1, 0.15) is 0 Å². The molecule has 2 aromatic rings. The second-order valence-electron chi connectivity index (χ2n) is 6.81. The monoisotopic (exact) mass is 329 g/mol. The number of nitrogens with one attached hydrogen (secondary N) is 2. The predicted octanol–water partition coefficient (Wildman–Crippen LogP) is 3.79. The van der Waals surface area contributed by atoms with Crippen LogP contribution in [0.5, 0.6) is 0 Å². The van der Waals surface area contributed by atoms with E-state index in [1.807, 2.05) is 23.7 Å². The summed E-state index contributed by atoms with van der Waals surface area (Å²) in [6, 6.07) is 5.91. The molecule has 4 nitrogen and oxygen atoms in total. The van der Waals surface area contributed by atoms with E-state index in [4.69, 9.17) is 0 Å². The molecule has 2 fully saturated rings. The Labute approximate surface area is 140 Å². The van der Waals surface area contributed by atoms with E-state index >= 15 is 0 Å². The van der Waals surface area contributed by atoms with E-state index < -0.39 is 0 Å². The third kappa shape index (κ3) is 3.12. The maximum atomic E-state index is 12.8. The molecule has 0 unspecified atom stereocenters. The fraction of sp³-hybridized carbons (Fsp3) is 0.556. The number of carbonyl (C=O) groups is 1. The van der Waals surface area contributed by atoms with Crippen molar-refractivity contribution in [3.05, 3.63) is 23.7 Å². The van der Waals surface area contributed by atoms with Crippen LogP contribution in [0.25, 0.3) is 10.2 Å². The lowest BCUT2D eigenvalue weighted by Gasteiger charge is -2.30. The molecule has 4 rings (SSSR count). The molecule has 2 heterocycles. The largest absolute Gasteiger partial charge is 0.325 e. The molecule has 0 spiro atoms. The molecule has 23 heavy (non-hydrogen) atoms. The first-order chi connectivity index (χ1) is 11.3. The van der Waals surface area contributed by atoms with Gasteiger partial charge in [-0.15, -0.1) is 11.3 Å². The van der Waals surface area contributed by atoms with Crippen molar-refractivity contribution in [3.63, 3.8) is 0 Å². The van der Waals surface area contributed by atoms with Crippen LogP contribution in [0.3, 0.4) is 0 Å². The van der Waals surface area contributed by atoms with Gasteiger partial charge in [0.15, 0.2) is 0 Å². The van der Waals surface area contributed by atoms with Gasteiger partial charge in [-0.3, -0.25) is 4.79 Å². The molecule has 0 bridgehead atoms. The van der Waals surface area contributed by atoms with E-state index in [1.54, 1.807) is 11.3 Å². The molecule has 2 aliphatic rings. The topological polar surface area (TPSA) is 54.0 Å². The van der Waals surface area contributed by atoms with Crippen LogP contribution in [0.15, 0.2) is 23.7 Å². The predicted molar refractivity (Wildman–Crippen MR) is 94.7 cm³/mol. The number of carbonyl (C=O) groups excluding carboxylic acids is 1. The van der Waals surface area contributed by atoms with Crippen LogP contribution in [0.1, 0.15) is 38.5 Å². The molecule has 1 aromatic carbocycles. The SMILES string of the molecule is O=C(Nc1ccc2ncsc2c1)[C@H]1NCC[C@H]1C1CCCCC1. The van der Waals surface area contributed by atoms with Gasteiger partial charge in [-0.2, -0.15) is 0 Å². The van der Waals surface area contributed by atoms with Crippen molar-refractivity contribution >= 4 is 33.1 Å². The van der Waals surface area contributed by atoms with E-state index in [1.165, 1.54) is 32.1 Å².